The van der Waals surface area contributed by atoms with Gasteiger partial charge in [0.15, 0.2) is 0 Å². The standard InChI is InChI=1S/C28H30FNO/c1-3-31-22-15-20-16-25-24(19-8-5-4-6-9-19)10-7-11-27(25)30-28(20)26(17-22)23-13-12-21(29)14-18(23)2/h7,11-17,19,24H,3-6,8-10H2,1-2H3. The molecule has 2 aliphatic rings. The van der Waals surface area contributed by atoms with Crippen LogP contribution in [0.1, 0.15) is 68.2 Å². The Hall–Kier alpha value is -2.68. The Bertz CT molecular complexity index is 1140. The molecule has 1 heterocycles. The van der Waals surface area contributed by atoms with Crippen LogP contribution in [0.2, 0.25) is 0 Å². The van der Waals surface area contributed by atoms with Gasteiger partial charge >= 0.3 is 0 Å². The Morgan fingerprint density at radius 3 is 2.65 bits per heavy atom. The summed E-state index contributed by atoms with van der Waals surface area (Å²) < 4.78 is 19.7. The van der Waals surface area contributed by atoms with E-state index in [-0.39, 0.29) is 5.82 Å². The molecule has 2 aromatic carbocycles. The first-order valence-electron chi connectivity index (χ1n) is 11.7. The first-order chi connectivity index (χ1) is 15.1. The van der Waals surface area contributed by atoms with Crippen molar-refractivity contribution in [1.29, 1.82) is 0 Å². The number of ether oxygens (including phenoxy) is 1. The highest BCUT2D eigenvalue weighted by atomic mass is 19.1. The maximum absolute atomic E-state index is 13.8. The van der Waals surface area contributed by atoms with Gasteiger partial charge in [-0.25, -0.2) is 9.37 Å². The number of allylic oxidation sites excluding steroid dienone is 1. The Morgan fingerprint density at radius 1 is 1.03 bits per heavy atom. The molecular formula is C28H30FNO. The highest BCUT2D eigenvalue weighted by Gasteiger charge is 2.28. The van der Waals surface area contributed by atoms with Crippen molar-refractivity contribution in [2.24, 2.45) is 5.92 Å². The van der Waals surface area contributed by atoms with Crippen LogP contribution < -0.4 is 4.74 Å². The molecule has 3 heteroatoms. The summed E-state index contributed by atoms with van der Waals surface area (Å²) in [5.41, 5.74) is 6.37. The first-order valence-corrected chi connectivity index (χ1v) is 11.7. The number of aryl methyl sites for hydroxylation is 1. The average molecular weight is 416 g/mol. The topological polar surface area (TPSA) is 22.1 Å². The molecule has 160 valence electrons. The van der Waals surface area contributed by atoms with Gasteiger partial charge in [0.2, 0.25) is 0 Å². The van der Waals surface area contributed by atoms with Gasteiger partial charge in [0.05, 0.1) is 17.8 Å². The second kappa shape index (κ2) is 8.45. The predicted molar refractivity (Wildman–Crippen MR) is 126 cm³/mol. The highest BCUT2D eigenvalue weighted by Crippen LogP contribution is 2.44. The van der Waals surface area contributed by atoms with Crippen molar-refractivity contribution in [3.05, 3.63) is 65.1 Å². The minimum absolute atomic E-state index is 0.213. The monoisotopic (exact) mass is 415 g/mol. The maximum atomic E-state index is 13.8. The Kier molecular flexibility index (Phi) is 5.52. The fraction of sp³-hybridized carbons (Fsp3) is 0.393. The summed E-state index contributed by atoms with van der Waals surface area (Å²) in [5.74, 6) is 1.95. The first kappa shape index (κ1) is 20.2. The average Bonchev–Trinajstić information content (AvgIpc) is 2.78. The van der Waals surface area contributed by atoms with Crippen LogP contribution in [0.15, 0.2) is 42.5 Å². The number of hydrogen-bond donors (Lipinski definition) is 0. The van der Waals surface area contributed by atoms with Gasteiger partial charge in [0, 0.05) is 10.9 Å². The zero-order valence-electron chi connectivity index (χ0n) is 18.5. The van der Waals surface area contributed by atoms with E-state index in [0.717, 1.165) is 51.4 Å². The van der Waals surface area contributed by atoms with Crippen LogP contribution in [0.4, 0.5) is 4.39 Å². The third-order valence-corrected chi connectivity index (χ3v) is 7.03. The molecule has 3 aromatic rings. The normalized spacial score (nSPS) is 18.9. The number of halogens is 1. The minimum atomic E-state index is -0.213. The van der Waals surface area contributed by atoms with Crippen LogP contribution in [0.5, 0.6) is 5.75 Å². The van der Waals surface area contributed by atoms with Crippen molar-refractivity contribution in [3.63, 3.8) is 0 Å². The summed E-state index contributed by atoms with van der Waals surface area (Å²) >= 11 is 0. The summed E-state index contributed by atoms with van der Waals surface area (Å²) in [4.78, 5) is 5.17. The minimum Gasteiger partial charge on any atom is -0.494 e. The van der Waals surface area contributed by atoms with Gasteiger partial charge in [-0.05, 0) is 98.0 Å². The zero-order chi connectivity index (χ0) is 21.4. The van der Waals surface area contributed by atoms with Crippen molar-refractivity contribution in [2.45, 2.75) is 58.3 Å². The van der Waals surface area contributed by atoms with Crippen LogP contribution in [0, 0.1) is 18.7 Å². The Morgan fingerprint density at radius 2 is 1.87 bits per heavy atom. The van der Waals surface area contributed by atoms with Gasteiger partial charge in [-0.2, -0.15) is 0 Å². The van der Waals surface area contributed by atoms with Crippen LogP contribution in [0.25, 0.3) is 28.1 Å². The summed E-state index contributed by atoms with van der Waals surface area (Å²) in [6.45, 7) is 4.57. The summed E-state index contributed by atoms with van der Waals surface area (Å²) in [5, 5.41) is 1.11. The molecule has 1 aromatic heterocycles. The van der Waals surface area contributed by atoms with E-state index in [4.69, 9.17) is 9.72 Å². The molecule has 0 N–H and O–H groups in total. The number of pyridine rings is 1. The zero-order valence-corrected chi connectivity index (χ0v) is 18.5. The fourth-order valence-electron chi connectivity index (χ4n) is 5.54. The van der Waals surface area contributed by atoms with Crippen molar-refractivity contribution in [1.82, 2.24) is 4.98 Å². The molecule has 1 fully saturated rings. The van der Waals surface area contributed by atoms with Crippen LogP contribution >= 0.6 is 0 Å². The molecule has 1 saturated carbocycles. The molecular weight excluding hydrogens is 385 g/mol. The lowest BCUT2D eigenvalue weighted by Gasteiger charge is -2.32. The highest BCUT2D eigenvalue weighted by molar-refractivity contribution is 5.97. The van der Waals surface area contributed by atoms with Crippen LogP contribution in [-0.4, -0.2) is 11.6 Å². The molecule has 2 aliphatic carbocycles. The van der Waals surface area contributed by atoms with E-state index in [0.29, 0.717) is 12.5 Å². The van der Waals surface area contributed by atoms with Crippen LogP contribution in [0.3, 0.4) is 0 Å². The maximum Gasteiger partial charge on any atom is 0.123 e. The van der Waals surface area contributed by atoms with Gasteiger partial charge in [-0.15, -0.1) is 0 Å². The lowest BCUT2D eigenvalue weighted by atomic mass is 9.73. The Balaban J connectivity index is 1.69. The molecule has 0 saturated heterocycles. The van der Waals surface area contributed by atoms with Gasteiger partial charge in [-0.1, -0.05) is 31.4 Å². The van der Waals surface area contributed by atoms with Gasteiger partial charge < -0.3 is 4.74 Å². The van der Waals surface area contributed by atoms with Crippen molar-refractivity contribution in [2.75, 3.05) is 6.61 Å². The number of rotatable bonds is 4. The van der Waals surface area contributed by atoms with E-state index < -0.39 is 0 Å². The molecule has 0 aliphatic heterocycles. The lowest BCUT2D eigenvalue weighted by Crippen LogP contribution is -2.19. The van der Waals surface area contributed by atoms with E-state index in [1.807, 2.05) is 19.9 Å². The lowest BCUT2D eigenvalue weighted by molar-refractivity contribution is 0.303. The van der Waals surface area contributed by atoms with Crippen molar-refractivity contribution < 1.29 is 9.13 Å². The Labute approximate surface area is 184 Å². The molecule has 1 atom stereocenters. The van der Waals surface area contributed by atoms with Crippen LogP contribution in [-0.2, 0) is 0 Å². The molecule has 0 bridgehead atoms. The number of hydrogen-bond acceptors (Lipinski definition) is 2. The van der Waals surface area contributed by atoms with Crippen molar-refractivity contribution >= 4 is 17.0 Å². The molecule has 31 heavy (non-hydrogen) atoms. The largest absolute Gasteiger partial charge is 0.494 e. The van der Waals surface area contributed by atoms with E-state index >= 15 is 0 Å². The second-order valence-corrected chi connectivity index (χ2v) is 9.04. The number of fused-ring (bicyclic) bond motifs is 2. The van der Waals surface area contributed by atoms with E-state index in [9.17, 15) is 4.39 Å². The number of aromatic nitrogens is 1. The molecule has 0 spiro atoms. The van der Waals surface area contributed by atoms with E-state index in [1.165, 1.54) is 43.7 Å². The molecule has 2 nitrogen and oxygen atoms in total. The summed E-state index contributed by atoms with van der Waals surface area (Å²) in [7, 11) is 0. The molecule has 5 rings (SSSR count). The van der Waals surface area contributed by atoms with E-state index in [1.54, 1.807) is 6.07 Å². The number of nitrogens with zero attached hydrogens (tertiary/aromatic N) is 1. The second-order valence-electron chi connectivity index (χ2n) is 9.04. The quantitative estimate of drug-likeness (QED) is 0.433. The van der Waals surface area contributed by atoms with E-state index in [2.05, 4.69) is 30.4 Å². The molecule has 0 radical (unpaired) electrons. The summed E-state index contributed by atoms with van der Waals surface area (Å²) in [6.07, 6.45) is 12.3. The predicted octanol–water partition coefficient (Wildman–Crippen LogP) is 7.83. The fourth-order valence-corrected chi connectivity index (χ4v) is 5.54. The van der Waals surface area contributed by atoms with Gasteiger partial charge in [0.1, 0.15) is 11.6 Å². The SMILES string of the molecule is CCOc1cc(-c2ccc(F)cc2C)c2nc3c(cc2c1)C(C1CCCCC1)CC=C3. The van der Waals surface area contributed by atoms with Gasteiger partial charge in [0.25, 0.3) is 0 Å². The molecule has 0 amide bonds. The smallest absolute Gasteiger partial charge is 0.123 e. The third-order valence-electron chi connectivity index (χ3n) is 7.03. The third kappa shape index (κ3) is 3.86. The van der Waals surface area contributed by atoms with Gasteiger partial charge in [-0.3, -0.25) is 0 Å². The number of benzene rings is 2. The molecule has 1 unspecified atom stereocenters. The van der Waals surface area contributed by atoms with Crippen molar-refractivity contribution in [3.8, 4) is 16.9 Å². The summed E-state index contributed by atoms with van der Waals surface area (Å²) in [6, 6.07) is 11.5.